The van der Waals surface area contributed by atoms with E-state index in [-0.39, 0.29) is 0 Å². The first-order valence-electron chi connectivity index (χ1n) is 10.7. The first kappa shape index (κ1) is 23.5. The molecule has 164 valence electrons. The van der Waals surface area contributed by atoms with E-state index in [2.05, 4.69) is 64.7 Å². The zero-order chi connectivity index (χ0) is 21.6. The molecule has 30 heavy (non-hydrogen) atoms. The van der Waals surface area contributed by atoms with Crippen LogP contribution in [0.3, 0.4) is 0 Å². The maximum Gasteiger partial charge on any atom is 0.191 e. The minimum atomic E-state index is 0.646. The van der Waals surface area contributed by atoms with Gasteiger partial charge >= 0.3 is 0 Å². The highest BCUT2D eigenvalue weighted by molar-refractivity contribution is 5.79. The number of hydrogen-bond acceptors (Lipinski definition) is 4. The first-order valence-corrected chi connectivity index (χ1v) is 10.7. The average Bonchev–Trinajstić information content (AvgIpc) is 2.80. The third kappa shape index (κ3) is 7.95. The molecule has 0 fully saturated rings. The molecular weight excluding hydrogens is 376 g/mol. The standard InChI is InChI=1S/C24H36N4O2/c1-5-28(6-2)16-17-30-22-13-12-21(18-23(22)29-4)19-27-24(25-3)26-15-14-20-10-8-7-9-11-20/h7-13,18H,5-6,14-17,19H2,1-4H3,(H2,25,26,27). The molecule has 6 heteroatoms. The summed E-state index contributed by atoms with van der Waals surface area (Å²) >= 11 is 0. The molecule has 0 unspecified atom stereocenters. The normalized spacial score (nSPS) is 11.4. The molecule has 0 bridgehead atoms. The topological polar surface area (TPSA) is 58.1 Å². The SMILES string of the molecule is CCN(CC)CCOc1ccc(CNC(=NC)NCCc2ccccc2)cc1OC. The zero-order valence-corrected chi connectivity index (χ0v) is 18.8. The Morgan fingerprint density at radius 3 is 2.40 bits per heavy atom. The van der Waals surface area contributed by atoms with Crippen molar-refractivity contribution in [2.75, 3.05) is 46.9 Å². The number of rotatable bonds is 12. The second-order valence-corrected chi connectivity index (χ2v) is 6.95. The van der Waals surface area contributed by atoms with E-state index in [1.54, 1.807) is 14.2 Å². The Bertz CT molecular complexity index is 761. The molecule has 2 aromatic rings. The van der Waals surface area contributed by atoms with E-state index in [1.807, 2.05) is 18.2 Å². The lowest BCUT2D eigenvalue weighted by atomic mass is 10.1. The summed E-state index contributed by atoms with van der Waals surface area (Å²) < 4.78 is 11.5. The van der Waals surface area contributed by atoms with Crippen molar-refractivity contribution in [3.05, 3.63) is 59.7 Å². The van der Waals surface area contributed by atoms with Crippen molar-refractivity contribution in [1.29, 1.82) is 0 Å². The van der Waals surface area contributed by atoms with Gasteiger partial charge in [0.1, 0.15) is 6.61 Å². The molecule has 0 aliphatic carbocycles. The van der Waals surface area contributed by atoms with Gasteiger partial charge in [-0.15, -0.1) is 0 Å². The smallest absolute Gasteiger partial charge is 0.191 e. The monoisotopic (exact) mass is 412 g/mol. The average molecular weight is 413 g/mol. The summed E-state index contributed by atoms with van der Waals surface area (Å²) in [5.41, 5.74) is 2.41. The van der Waals surface area contributed by atoms with Crippen molar-refractivity contribution in [2.45, 2.75) is 26.8 Å². The Labute approximate surface area is 181 Å². The molecule has 0 aliphatic rings. The number of likely N-dealkylation sites (N-methyl/N-ethyl adjacent to an activating group) is 1. The van der Waals surface area contributed by atoms with E-state index in [0.29, 0.717) is 13.2 Å². The van der Waals surface area contributed by atoms with Crippen LogP contribution in [0, 0.1) is 0 Å². The molecular formula is C24H36N4O2. The fourth-order valence-corrected chi connectivity index (χ4v) is 3.14. The van der Waals surface area contributed by atoms with Crippen molar-refractivity contribution < 1.29 is 9.47 Å². The van der Waals surface area contributed by atoms with Crippen LogP contribution in [0.5, 0.6) is 11.5 Å². The van der Waals surface area contributed by atoms with Crippen LogP contribution in [0.15, 0.2) is 53.5 Å². The summed E-state index contributed by atoms with van der Waals surface area (Å²) in [6.45, 7) is 9.42. The molecule has 6 nitrogen and oxygen atoms in total. The van der Waals surface area contributed by atoms with Gasteiger partial charge in [0.15, 0.2) is 17.5 Å². The number of aliphatic imine (C=N–C) groups is 1. The van der Waals surface area contributed by atoms with E-state index in [1.165, 1.54) is 5.56 Å². The van der Waals surface area contributed by atoms with Crippen molar-refractivity contribution in [1.82, 2.24) is 15.5 Å². The Balaban J connectivity index is 1.82. The lowest BCUT2D eigenvalue weighted by Crippen LogP contribution is -2.37. The molecule has 0 atom stereocenters. The van der Waals surface area contributed by atoms with Gasteiger partial charge in [-0.05, 0) is 42.8 Å². The molecule has 2 aromatic carbocycles. The highest BCUT2D eigenvalue weighted by atomic mass is 16.5. The Kier molecular flexibility index (Phi) is 10.6. The van der Waals surface area contributed by atoms with E-state index in [4.69, 9.17) is 9.47 Å². The van der Waals surface area contributed by atoms with E-state index in [0.717, 1.165) is 55.6 Å². The maximum absolute atomic E-state index is 5.94. The predicted octanol–water partition coefficient (Wildman–Crippen LogP) is 3.32. The van der Waals surface area contributed by atoms with Gasteiger partial charge < -0.3 is 25.0 Å². The molecule has 0 aromatic heterocycles. The summed E-state index contributed by atoms with van der Waals surface area (Å²) in [7, 11) is 3.46. The second kappa shape index (κ2) is 13.5. The Morgan fingerprint density at radius 2 is 1.73 bits per heavy atom. The molecule has 0 saturated carbocycles. The van der Waals surface area contributed by atoms with Gasteiger partial charge in [-0.3, -0.25) is 4.99 Å². The highest BCUT2D eigenvalue weighted by Crippen LogP contribution is 2.28. The van der Waals surface area contributed by atoms with Gasteiger partial charge in [-0.1, -0.05) is 50.2 Å². The van der Waals surface area contributed by atoms with Crippen LogP contribution in [0.1, 0.15) is 25.0 Å². The van der Waals surface area contributed by atoms with Gasteiger partial charge in [0.05, 0.1) is 7.11 Å². The summed E-state index contributed by atoms with van der Waals surface area (Å²) in [5.74, 6) is 2.31. The van der Waals surface area contributed by atoms with Crippen molar-refractivity contribution >= 4 is 5.96 Å². The minimum absolute atomic E-state index is 0.646. The number of guanidine groups is 1. The molecule has 0 amide bonds. The van der Waals surface area contributed by atoms with Crippen molar-refractivity contribution in [3.63, 3.8) is 0 Å². The largest absolute Gasteiger partial charge is 0.493 e. The molecule has 0 radical (unpaired) electrons. The third-order valence-corrected chi connectivity index (χ3v) is 5.02. The fourth-order valence-electron chi connectivity index (χ4n) is 3.14. The summed E-state index contributed by atoms with van der Waals surface area (Å²) in [6.07, 6.45) is 0.953. The molecule has 2 N–H and O–H groups in total. The Hall–Kier alpha value is -2.73. The van der Waals surface area contributed by atoms with Crippen LogP contribution in [-0.2, 0) is 13.0 Å². The Morgan fingerprint density at radius 1 is 0.967 bits per heavy atom. The number of ether oxygens (including phenoxy) is 2. The number of benzene rings is 2. The lowest BCUT2D eigenvalue weighted by Gasteiger charge is -2.19. The number of methoxy groups -OCH3 is 1. The van der Waals surface area contributed by atoms with Gasteiger partial charge in [0, 0.05) is 26.7 Å². The van der Waals surface area contributed by atoms with Gasteiger partial charge in [-0.2, -0.15) is 0 Å². The third-order valence-electron chi connectivity index (χ3n) is 5.02. The van der Waals surface area contributed by atoms with Crippen LogP contribution in [-0.4, -0.2) is 57.8 Å². The second-order valence-electron chi connectivity index (χ2n) is 6.95. The molecule has 0 heterocycles. The van der Waals surface area contributed by atoms with Gasteiger partial charge in [0.25, 0.3) is 0 Å². The van der Waals surface area contributed by atoms with Gasteiger partial charge in [-0.25, -0.2) is 0 Å². The van der Waals surface area contributed by atoms with Crippen molar-refractivity contribution in [2.24, 2.45) is 4.99 Å². The van der Waals surface area contributed by atoms with Crippen LogP contribution >= 0.6 is 0 Å². The fraction of sp³-hybridized carbons (Fsp3) is 0.458. The van der Waals surface area contributed by atoms with Crippen LogP contribution in [0.2, 0.25) is 0 Å². The minimum Gasteiger partial charge on any atom is -0.493 e. The lowest BCUT2D eigenvalue weighted by molar-refractivity contribution is 0.217. The zero-order valence-electron chi connectivity index (χ0n) is 18.8. The summed E-state index contributed by atoms with van der Waals surface area (Å²) in [5, 5.41) is 6.71. The summed E-state index contributed by atoms with van der Waals surface area (Å²) in [6, 6.07) is 16.5. The molecule has 2 rings (SSSR count). The molecule has 0 spiro atoms. The maximum atomic E-state index is 5.94. The van der Waals surface area contributed by atoms with Crippen LogP contribution < -0.4 is 20.1 Å². The first-order chi connectivity index (χ1) is 14.7. The van der Waals surface area contributed by atoms with Crippen LogP contribution in [0.4, 0.5) is 0 Å². The van der Waals surface area contributed by atoms with E-state index in [9.17, 15) is 0 Å². The predicted molar refractivity (Wildman–Crippen MR) is 125 cm³/mol. The molecule has 0 saturated heterocycles. The molecule has 0 aliphatic heterocycles. The van der Waals surface area contributed by atoms with Crippen molar-refractivity contribution in [3.8, 4) is 11.5 Å². The quantitative estimate of drug-likeness (QED) is 0.414. The van der Waals surface area contributed by atoms with Gasteiger partial charge in [0.2, 0.25) is 0 Å². The van der Waals surface area contributed by atoms with Crippen LogP contribution in [0.25, 0.3) is 0 Å². The number of nitrogens with zero attached hydrogens (tertiary/aromatic N) is 2. The highest BCUT2D eigenvalue weighted by Gasteiger charge is 2.08. The summed E-state index contributed by atoms with van der Waals surface area (Å²) in [4.78, 5) is 6.64. The number of hydrogen-bond donors (Lipinski definition) is 2. The van der Waals surface area contributed by atoms with E-state index >= 15 is 0 Å². The number of nitrogens with one attached hydrogen (secondary N) is 2. The van der Waals surface area contributed by atoms with E-state index < -0.39 is 0 Å².